The van der Waals surface area contributed by atoms with Gasteiger partial charge < -0.3 is 9.15 Å². The van der Waals surface area contributed by atoms with E-state index in [0.29, 0.717) is 18.6 Å². The lowest BCUT2D eigenvalue weighted by Gasteiger charge is -2.28. The molecule has 0 saturated carbocycles. The predicted octanol–water partition coefficient (Wildman–Crippen LogP) is 3.49. The molecule has 0 bridgehead atoms. The molecule has 0 unspecified atom stereocenters. The van der Waals surface area contributed by atoms with E-state index in [1.54, 1.807) is 0 Å². The highest BCUT2D eigenvalue weighted by atomic mass is 16.5. The van der Waals surface area contributed by atoms with Crippen LogP contribution in [-0.2, 0) is 11.2 Å². The first-order valence-electron chi connectivity index (χ1n) is 7.34. The molecule has 0 N–H and O–H groups in total. The summed E-state index contributed by atoms with van der Waals surface area (Å²) in [7, 11) is 0. The Labute approximate surface area is 124 Å². The Hall–Kier alpha value is -1.84. The summed E-state index contributed by atoms with van der Waals surface area (Å²) < 4.78 is 10.5. The SMILES string of the molecule is CCc1occc(=O)c1OC(=O)C[C@@H]1CC=C(C)C1(C)C. The summed E-state index contributed by atoms with van der Waals surface area (Å²) in [5, 5.41) is 0. The van der Waals surface area contributed by atoms with Crippen molar-refractivity contribution < 1.29 is 13.9 Å². The number of carbonyl (C=O) groups is 1. The molecule has 0 aliphatic heterocycles. The molecule has 21 heavy (non-hydrogen) atoms. The van der Waals surface area contributed by atoms with Crippen LogP contribution in [0.3, 0.4) is 0 Å². The summed E-state index contributed by atoms with van der Waals surface area (Å²) in [5.74, 6) is 0.288. The first-order chi connectivity index (χ1) is 9.86. The second-order valence-corrected chi connectivity index (χ2v) is 6.11. The zero-order valence-corrected chi connectivity index (χ0v) is 13.1. The van der Waals surface area contributed by atoms with Gasteiger partial charge in [-0.15, -0.1) is 0 Å². The largest absolute Gasteiger partial charge is 0.465 e. The van der Waals surface area contributed by atoms with Crippen molar-refractivity contribution in [3.05, 3.63) is 40.0 Å². The van der Waals surface area contributed by atoms with Crippen LogP contribution in [0.2, 0.25) is 0 Å². The maximum absolute atomic E-state index is 12.2. The third kappa shape index (κ3) is 3.09. The molecule has 1 aromatic heterocycles. The van der Waals surface area contributed by atoms with Gasteiger partial charge in [0.15, 0.2) is 0 Å². The number of aryl methyl sites for hydroxylation is 1. The van der Waals surface area contributed by atoms with Crippen molar-refractivity contribution in [2.75, 3.05) is 0 Å². The van der Waals surface area contributed by atoms with Crippen LogP contribution in [0.25, 0.3) is 0 Å². The van der Waals surface area contributed by atoms with E-state index in [9.17, 15) is 9.59 Å². The van der Waals surface area contributed by atoms with Crippen molar-refractivity contribution >= 4 is 5.97 Å². The zero-order chi connectivity index (χ0) is 15.6. The van der Waals surface area contributed by atoms with E-state index in [2.05, 4.69) is 26.8 Å². The smallest absolute Gasteiger partial charge is 0.311 e. The van der Waals surface area contributed by atoms with Gasteiger partial charge in [0.05, 0.1) is 6.26 Å². The highest BCUT2D eigenvalue weighted by molar-refractivity contribution is 5.73. The highest BCUT2D eigenvalue weighted by Gasteiger charge is 2.36. The van der Waals surface area contributed by atoms with Gasteiger partial charge in [-0.25, -0.2) is 0 Å². The van der Waals surface area contributed by atoms with Gasteiger partial charge in [-0.1, -0.05) is 32.4 Å². The van der Waals surface area contributed by atoms with Crippen LogP contribution in [0, 0.1) is 11.3 Å². The van der Waals surface area contributed by atoms with Crippen molar-refractivity contribution in [3.63, 3.8) is 0 Å². The van der Waals surface area contributed by atoms with Crippen LogP contribution < -0.4 is 10.2 Å². The van der Waals surface area contributed by atoms with Gasteiger partial charge in [0, 0.05) is 18.9 Å². The van der Waals surface area contributed by atoms with E-state index >= 15 is 0 Å². The third-order valence-electron chi connectivity index (χ3n) is 4.60. The van der Waals surface area contributed by atoms with Gasteiger partial charge in [-0.2, -0.15) is 0 Å². The quantitative estimate of drug-likeness (QED) is 0.629. The number of rotatable bonds is 4. The molecular formula is C17H22O4. The van der Waals surface area contributed by atoms with Crippen molar-refractivity contribution in [2.24, 2.45) is 11.3 Å². The molecule has 2 rings (SSSR count). The minimum absolute atomic E-state index is 0.00599. The maximum atomic E-state index is 12.2. The molecule has 1 atom stereocenters. The molecule has 4 heteroatoms. The minimum atomic E-state index is -0.371. The summed E-state index contributed by atoms with van der Waals surface area (Å²) in [5.41, 5.74) is 0.980. The summed E-state index contributed by atoms with van der Waals surface area (Å²) in [6, 6.07) is 1.27. The van der Waals surface area contributed by atoms with E-state index in [1.807, 2.05) is 6.92 Å². The average Bonchev–Trinajstić information content (AvgIpc) is 2.68. The van der Waals surface area contributed by atoms with Crippen LogP contribution in [0.1, 0.15) is 46.3 Å². The van der Waals surface area contributed by atoms with E-state index in [4.69, 9.17) is 9.15 Å². The molecule has 1 aliphatic rings. The molecular weight excluding hydrogens is 268 g/mol. The van der Waals surface area contributed by atoms with Crippen LogP contribution in [-0.4, -0.2) is 5.97 Å². The summed E-state index contributed by atoms with van der Waals surface area (Å²) >= 11 is 0. The Kier molecular flexibility index (Phi) is 4.35. The van der Waals surface area contributed by atoms with Crippen molar-refractivity contribution in [2.45, 2.75) is 47.0 Å². The van der Waals surface area contributed by atoms with Gasteiger partial charge in [0.1, 0.15) is 5.76 Å². The Morgan fingerprint density at radius 2 is 2.19 bits per heavy atom. The fraction of sp³-hybridized carbons (Fsp3) is 0.529. The Morgan fingerprint density at radius 3 is 2.76 bits per heavy atom. The Morgan fingerprint density at radius 1 is 1.48 bits per heavy atom. The van der Waals surface area contributed by atoms with Crippen LogP contribution >= 0.6 is 0 Å². The molecule has 0 fully saturated rings. The van der Waals surface area contributed by atoms with E-state index in [1.165, 1.54) is 17.9 Å². The molecule has 0 aromatic carbocycles. The number of hydrogen-bond donors (Lipinski definition) is 0. The fourth-order valence-electron chi connectivity index (χ4n) is 2.69. The van der Waals surface area contributed by atoms with Gasteiger partial charge >= 0.3 is 5.97 Å². The maximum Gasteiger partial charge on any atom is 0.311 e. The van der Waals surface area contributed by atoms with Crippen LogP contribution in [0.15, 0.2) is 33.2 Å². The third-order valence-corrected chi connectivity index (χ3v) is 4.60. The lowest BCUT2D eigenvalue weighted by Crippen LogP contribution is -2.26. The molecule has 0 amide bonds. The average molecular weight is 290 g/mol. The van der Waals surface area contributed by atoms with Crippen molar-refractivity contribution in [1.29, 1.82) is 0 Å². The molecule has 0 saturated heterocycles. The Bertz CT molecular complexity index is 622. The van der Waals surface area contributed by atoms with Crippen LogP contribution in [0.5, 0.6) is 5.75 Å². The molecule has 0 radical (unpaired) electrons. The number of esters is 1. The molecule has 114 valence electrons. The van der Waals surface area contributed by atoms with Gasteiger partial charge in [-0.3, -0.25) is 9.59 Å². The standard InChI is InChI=1S/C17H22O4/c1-5-14-16(13(18)8-9-20-14)21-15(19)10-12-7-6-11(2)17(12,3)4/h6,8-9,12H,5,7,10H2,1-4H3/t12-/m0/s1. The van der Waals surface area contributed by atoms with Gasteiger partial charge in [-0.05, 0) is 24.7 Å². The summed E-state index contributed by atoms with van der Waals surface area (Å²) in [6.07, 6.45) is 5.18. The number of ether oxygens (including phenoxy) is 1. The van der Waals surface area contributed by atoms with Crippen molar-refractivity contribution in [3.8, 4) is 5.75 Å². The Balaban J connectivity index is 2.09. The van der Waals surface area contributed by atoms with Gasteiger partial charge in [0.2, 0.25) is 11.2 Å². The van der Waals surface area contributed by atoms with Crippen LogP contribution in [0.4, 0.5) is 0 Å². The lowest BCUT2D eigenvalue weighted by molar-refractivity contribution is -0.136. The van der Waals surface area contributed by atoms with E-state index < -0.39 is 0 Å². The van der Waals surface area contributed by atoms with E-state index in [0.717, 1.165) is 6.42 Å². The number of hydrogen-bond acceptors (Lipinski definition) is 4. The predicted molar refractivity (Wildman–Crippen MR) is 80.3 cm³/mol. The molecule has 1 heterocycles. The first-order valence-corrected chi connectivity index (χ1v) is 7.34. The summed E-state index contributed by atoms with van der Waals surface area (Å²) in [4.78, 5) is 24.0. The second kappa shape index (κ2) is 5.88. The fourth-order valence-corrected chi connectivity index (χ4v) is 2.69. The molecule has 1 aliphatic carbocycles. The highest BCUT2D eigenvalue weighted by Crippen LogP contribution is 2.44. The molecule has 0 spiro atoms. The van der Waals surface area contributed by atoms with Gasteiger partial charge in [0.25, 0.3) is 0 Å². The lowest BCUT2D eigenvalue weighted by atomic mass is 9.76. The summed E-state index contributed by atoms with van der Waals surface area (Å²) in [6.45, 7) is 8.21. The molecule has 1 aromatic rings. The minimum Gasteiger partial charge on any atom is -0.465 e. The van der Waals surface area contributed by atoms with E-state index in [-0.39, 0.29) is 28.5 Å². The van der Waals surface area contributed by atoms with Crippen molar-refractivity contribution in [1.82, 2.24) is 0 Å². The second-order valence-electron chi connectivity index (χ2n) is 6.11. The number of carbonyl (C=O) groups excluding carboxylic acids is 1. The monoisotopic (exact) mass is 290 g/mol. The first kappa shape index (κ1) is 15.5. The normalized spacial score (nSPS) is 20.2. The topological polar surface area (TPSA) is 56.5 Å². The zero-order valence-electron chi connectivity index (χ0n) is 13.1. The molecule has 4 nitrogen and oxygen atoms in total. The number of allylic oxidation sites excluding steroid dienone is 2.